The highest BCUT2D eigenvalue weighted by Gasteiger charge is 2.27. The van der Waals surface area contributed by atoms with Gasteiger partial charge in [-0.25, -0.2) is 14.4 Å². The van der Waals surface area contributed by atoms with Crippen molar-refractivity contribution in [2.24, 2.45) is 0 Å². The van der Waals surface area contributed by atoms with Crippen LogP contribution in [0.1, 0.15) is 29.2 Å². The molecule has 1 saturated carbocycles. The molecule has 0 bridgehead atoms. The lowest BCUT2D eigenvalue weighted by Gasteiger charge is -2.12. The molecule has 6 rings (SSSR count). The van der Waals surface area contributed by atoms with Crippen LogP contribution in [0.2, 0.25) is 0 Å². The van der Waals surface area contributed by atoms with Gasteiger partial charge in [0.2, 0.25) is 11.4 Å². The molecule has 5 aromatic rings. The number of nitrogens with zero attached hydrogens (tertiary/aromatic N) is 5. The largest absolute Gasteiger partial charge is 0.493 e. The number of ether oxygens (including phenoxy) is 3. The number of methoxy groups -OCH3 is 2. The van der Waals surface area contributed by atoms with E-state index in [1.54, 1.807) is 36.2 Å². The van der Waals surface area contributed by atoms with Crippen molar-refractivity contribution in [3.63, 3.8) is 0 Å². The summed E-state index contributed by atoms with van der Waals surface area (Å²) >= 11 is 0. The number of hydrogen-bond acceptors (Lipinski definition) is 9. The number of carbonyl (C=O) groups is 1. The first kappa shape index (κ1) is 25.9. The van der Waals surface area contributed by atoms with Crippen LogP contribution < -0.4 is 25.0 Å². The molecule has 0 saturated heterocycles. The number of halogens is 1. The molecule has 0 unspecified atom stereocenters. The Morgan fingerprint density at radius 3 is 2.37 bits per heavy atom. The third kappa shape index (κ3) is 5.26. The van der Waals surface area contributed by atoms with E-state index in [4.69, 9.17) is 14.2 Å². The number of carbonyl (C=O) groups excluding carboxylic acids is 1. The number of benzene rings is 2. The van der Waals surface area contributed by atoms with Gasteiger partial charge < -0.3 is 14.2 Å². The number of aromatic nitrogens is 5. The molecule has 11 nitrogen and oxygen atoms in total. The Hall–Kier alpha value is -5.39. The van der Waals surface area contributed by atoms with Crippen molar-refractivity contribution in [2.45, 2.75) is 18.9 Å². The van der Waals surface area contributed by atoms with Gasteiger partial charge >= 0.3 is 0 Å². The molecule has 41 heavy (non-hydrogen) atoms. The van der Waals surface area contributed by atoms with E-state index in [0.29, 0.717) is 39.5 Å². The Morgan fingerprint density at radius 2 is 1.68 bits per heavy atom. The summed E-state index contributed by atoms with van der Waals surface area (Å²) in [6, 6.07) is 10.7. The second kappa shape index (κ2) is 10.6. The molecule has 206 valence electrons. The zero-order chi connectivity index (χ0) is 28.5. The van der Waals surface area contributed by atoms with E-state index in [1.165, 1.54) is 50.0 Å². The molecule has 3 heterocycles. The number of nitrogens with one attached hydrogen (secondary N) is 1. The Labute approximate surface area is 232 Å². The van der Waals surface area contributed by atoms with E-state index < -0.39 is 17.2 Å². The zero-order valence-electron chi connectivity index (χ0n) is 22.0. The normalized spacial score (nSPS) is 12.7. The lowest BCUT2D eigenvalue weighted by atomic mass is 10.1. The molecule has 0 spiro atoms. The summed E-state index contributed by atoms with van der Waals surface area (Å²) in [6.07, 6.45) is 7.60. The molecule has 3 aromatic heterocycles. The Kier molecular flexibility index (Phi) is 6.71. The molecule has 1 aliphatic rings. The Balaban J connectivity index is 1.24. The zero-order valence-corrected chi connectivity index (χ0v) is 22.0. The number of rotatable bonds is 8. The second-order valence-electron chi connectivity index (χ2n) is 9.27. The van der Waals surface area contributed by atoms with Crippen molar-refractivity contribution >= 4 is 22.8 Å². The van der Waals surface area contributed by atoms with Gasteiger partial charge in [0.25, 0.3) is 5.91 Å². The highest BCUT2D eigenvalue weighted by molar-refractivity contribution is 6.03. The van der Waals surface area contributed by atoms with Crippen LogP contribution in [0, 0.1) is 5.82 Å². The Bertz CT molecular complexity index is 1820. The van der Waals surface area contributed by atoms with Crippen LogP contribution in [0.5, 0.6) is 23.0 Å². The maximum atomic E-state index is 13.4. The van der Waals surface area contributed by atoms with Crippen molar-refractivity contribution in [2.75, 3.05) is 19.5 Å². The third-order valence-electron chi connectivity index (χ3n) is 6.51. The number of anilines is 1. The van der Waals surface area contributed by atoms with E-state index in [2.05, 4.69) is 25.4 Å². The molecule has 12 heteroatoms. The van der Waals surface area contributed by atoms with Gasteiger partial charge in [0.1, 0.15) is 22.8 Å². The third-order valence-corrected chi connectivity index (χ3v) is 6.51. The topological polar surface area (TPSA) is 130 Å². The molecule has 1 aliphatic carbocycles. The minimum absolute atomic E-state index is 0.0224. The molecule has 0 radical (unpaired) electrons. The first-order chi connectivity index (χ1) is 19.9. The lowest BCUT2D eigenvalue weighted by Crippen LogP contribution is -2.27. The predicted molar refractivity (Wildman–Crippen MR) is 147 cm³/mol. The minimum Gasteiger partial charge on any atom is -0.493 e. The van der Waals surface area contributed by atoms with Crippen molar-refractivity contribution in [1.82, 2.24) is 24.7 Å². The summed E-state index contributed by atoms with van der Waals surface area (Å²) in [5.74, 6) is 0.705. The van der Waals surface area contributed by atoms with E-state index in [1.807, 2.05) is 0 Å². The highest BCUT2D eigenvalue weighted by atomic mass is 19.1. The molecule has 1 N–H and O–H groups in total. The van der Waals surface area contributed by atoms with Gasteiger partial charge in [-0.05, 0) is 49.2 Å². The maximum Gasteiger partial charge on any atom is 0.263 e. The minimum atomic E-state index is -0.690. The van der Waals surface area contributed by atoms with Crippen LogP contribution in [0.4, 0.5) is 10.3 Å². The monoisotopic (exact) mass is 554 g/mol. The average Bonchev–Trinajstić information content (AvgIpc) is 3.84. The number of fused-ring (bicyclic) bond motifs is 1. The lowest BCUT2D eigenvalue weighted by molar-refractivity contribution is 0.102. The van der Waals surface area contributed by atoms with E-state index in [-0.39, 0.29) is 23.2 Å². The van der Waals surface area contributed by atoms with Gasteiger partial charge in [0, 0.05) is 29.4 Å². The van der Waals surface area contributed by atoms with Gasteiger partial charge in [0.15, 0.2) is 17.2 Å². The first-order valence-corrected chi connectivity index (χ1v) is 12.6. The van der Waals surface area contributed by atoms with Crippen LogP contribution in [0.25, 0.3) is 22.2 Å². The summed E-state index contributed by atoms with van der Waals surface area (Å²) in [7, 11) is 3.09. The quantitative estimate of drug-likeness (QED) is 0.288. The van der Waals surface area contributed by atoms with E-state index in [0.717, 1.165) is 12.8 Å². The number of amides is 1. The molecule has 2 aromatic carbocycles. The molecule has 0 aliphatic heterocycles. The van der Waals surface area contributed by atoms with Crippen LogP contribution in [0.15, 0.2) is 72.0 Å². The fraction of sp³-hybridized carbons (Fsp3) is 0.172. The summed E-state index contributed by atoms with van der Waals surface area (Å²) in [5, 5.41) is 7.66. The van der Waals surface area contributed by atoms with Gasteiger partial charge in [-0.3, -0.25) is 24.6 Å². The summed E-state index contributed by atoms with van der Waals surface area (Å²) in [6.45, 7) is 0. The number of hydrogen-bond donors (Lipinski definition) is 1. The van der Waals surface area contributed by atoms with Crippen LogP contribution >= 0.6 is 0 Å². The fourth-order valence-electron chi connectivity index (χ4n) is 4.26. The van der Waals surface area contributed by atoms with Crippen molar-refractivity contribution in [3.05, 3.63) is 88.9 Å². The molecular weight excluding hydrogens is 531 g/mol. The van der Waals surface area contributed by atoms with Gasteiger partial charge in [-0.2, -0.15) is 5.10 Å². The summed E-state index contributed by atoms with van der Waals surface area (Å²) < 4.78 is 31.8. The van der Waals surface area contributed by atoms with Gasteiger partial charge in [0.05, 0.1) is 38.2 Å². The molecular formula is C29H23FN6O5. The van der Waals surface area contributed by atoms with E-state index >= 15 is 0 Å². The first-order valence-electron chi connectivity index (χ1n) is 12.6. The standard InChI is InChI=1S/C29H23FN6O5/c1-39-24-11-20-22(12-25(24)40-2)31-10-9-23(20)41-19-13-32-29(33-14-19)34-28(38)21-15-36(18-7-8-18)35-26(27(21)37)16-3-5-17(30)6-4-16/h3-6,9-15,18H,7-8H2,1-2H3,(H,32,33,34,38). The van der Waals surface area contributed by atoms with Crippen molar-refractivity contribution in [1.29, 1.82) is 0 Å². The maximum absolute atomic E-state index is 13.4. The number of pyridine rings is 1. The summed E-state index contributed by atoms with van der Waals surface area (Å²) in [5.41, 5.74) is 0.412. The van der Waals surface area contributed by atoms with Crippen molar-refractivity contribution < 1.29 is 23.4 Å². The summed E-state index contributed by atoms with van der Waals surface area (Å²) in [4.78, 5) is 39.1. The van der Waals surface area contributed by atoms with E-state index in [9.17, 15) is 14.0 Å². The average molecular weight is 555 g/mol. The molecule has 1 amide bonds. The molecule has 0 atom stereocenters. The Morgan fingerprint density at radius 1 is 0.976 bits per heavy atom. The second-order valence-corrected chi connectivity index (χ2v) is 9.27. The van der Waals surface area contributed by atoms with Crippen LogP contribution in [-0.4, -0.2) is 44.9 Å². The van der Waals surface area contributed by atoms with Gasteiger partial charge in [-0.15, -0.1) is 0 Å². The van der Waals surface area contributed by atoms with Gasteiger partial charge in [-0.1, -0.05) is 0 Å². The highest BCUT2D eigenvalue weighted by Crippen LogP contribution is 2.37. The fourth-order valence-corrected chi connectivity index (χ4v) is 4.26. The smallest absolute Gasteiger partial charge is 0.263 e. The van der Waals surface area contributed by atoms with Crippen molar-refractivity contribution in [3.8, 4) is 34.3 Å². The SMILES string of the molecule is COc1cc2nccc(Oc3cnc(NC(=O)c4cn(C5CC5)nc(-c5ccc(F)cc5)c4=O)nc3)c2cc1OC. The van der Waals surface area contributed by atoms with Crippen LogP contribution in [0.3, 0.4) is 0 Å². The molecule has 1 fully saturated rings. The van der Waals surface area contributed by atoms with Crippen LogP contribution in [-0.2, 0) is 0 Å². The predicted octanol–water partition coefficient (Wildman–Crippen LogP) is 4.78.